The number of rotatable bonds is 2. The van der Waals surface area contributed by atoms with Crippen LogP contribution < -0.4 is 5.32 Å². The van der Waals surface area contributed by atoms with Crippen LogP contribution in [-0.4, -0.2) is 0 Å². The molecule has 1 N–H and O–H groups in total. The molecule has 1 heterocycles. The molecule has 1 atom stereocenters. The fraction of sp³-hybridized carbons (Fsp3) is 0.368. The first-order valence-electron chi connectivity index (χ1n) is 7.51. The molecule has 0 bridgehead atoms. The van der Waals surface area contributed by atoms with Crippen LogP contribution in [0.1, 0.15) is 53.6 Å². The predicted molar refractivity (Wildman–Crippen MR) is 86.5 cm³/mol. The molecule has 0 aliphatic carbocycles. The highest BCUT2D eigenvalue weighted by atomic mass is 15.0. The quantitative estimate of drug-likeness (QED) is 0.793. The van der Waals surface area contributed by atoms with E-state index in [1.807, 2.05) is 0 Å². The molecule has 2 aromatic rings. The molecule has 1 heteroatoms. The maximum Gasteiger partial charge on any atom is 0.0555 e. The van der Waals surface area contributed by atoms with Gasteiger partial charge in [0.1, 0.15) is 0 Å². The highest BCUT2D eigenvalue weighted by molar-refractivity contribution is 5.65. The van der Waals surface area contributed by atoms with Crippen molar-refractivity contribution in [1.82, 2.24) is 0 Å². The van der Waals surface area contributed by atoms with Gasteiger partial charge < -0.3 is 5.32 Å². The summed E-state index contributed by atoms with van der Waals surface area (Å²) in [5, 5.41) is 3.71. The Bertz CT molecular complexity index is 592. The second-order valence-corrected chi connectivity index (χ2v) is 6.28. The number of benzene rings is 2. The van der Waals surface area contributed by atoms with Crippen molar-refractivity contribution in [1.29, 1.82) is 0 Å². The van der Waals surface area contributed by atoms with Crippen LogP contribution in [0.2, 0.25) is 0 Å². The molecule has 0 aromatic heterocycles. The third-order valence-corrected chi connectivity index (χ3v) is 4.49. The Morgan fingerprint density at radius 1 is 0.950 bits per heavy atom. The van der Waals surface area contributed by atoms with Crippen molar-refractivity contribution in [2.45, 2.75) is 46.1 Å². The minimum absolute atomic E-state index is 0.422. The lowest BCUT2D eigenvalue weighted by Crippen LogP contribution is -2.06. The Kier molecular flexibility index (Phi) is 3.29. The molecule has 104 valence electrons. The molecule has 0 saturated carbocycles. The van der Waals surface area contributed by atoms with Crippen molar-refractivity contribution >= 4 is 5.69 Å². The van der Waals surface area contributed by atoms with Crippen molar-refractivity contribution in [2.75, 3.05) is 5.32 Å². The first-order valence-corrected chi connectivity index (χ1v) is 7.51. The molecule has 1 nitrogen and oxygen atoms in total. The van der Waals surface area contributed by atoms with E-state index in [1.165, 1.54) is 33.5 Å². The monoisotopic (exact) mass is 265 g/mol. The van der Waals surface area contributed by atoms with Gasteiger partial charge in [-0.05, 0) is 54.0 Å². The number of nitrogens with one attached hydrogen (secondary N) is 1. The Balaban J connectivity index is 1.88. The lowest BCUT2D eigenvalue weighted by atomic mass is 9.96. The fourth-order valence-electron chi connectivity index (χ4n) is 3.08. The number of hydrogen-bond acceptors (Lipinski definition) is 1. The maximum absolute atomic E-state index is 3.71. The van der Waals surface area contributed by atoms with Crippen LogP contribution in [0, 0.1) is 13.8 Å². The first-order chi connectivity index (χ1) is 9.56. The molecule has 0 amide bonds. The van der Waals surface area contributed by atoms with Crippen LogP contribution in [0.5, 0.6) is 0 Å². The van der Waals surface area contributed by atoms with Gasteiger partial charge in [0.25, 0.3) is 0 Å². The van der Waals surface area contributed by atoms with Crippen LogP contribution in [0.3, 0.4) is 0 Å². The van der Waals surface area contributed by atoms with Crippen LogP contribution in [0.15, 0.2) is 36.4 Å². The van der Waals surface area contributed by atoms with E-state index in [-0.39, 0.29) is 0 Å². The Hall–Kier alpha value is -1.76. The Morgan fingerprint density at radius 2 is 1.60 bits per heavy atom. The van der Waals surface area contributed by atoms with Gasteiger partial charge in [-0.1, -0.05) is 50.2 Å². The summed E-state index contributed by atoms with van der Waals surface area (Å²) in [6.45, 7) is 8.89. The molecule has 0 saturated heterocycles. The smallest absolute Gasteiger partial charge is 0.0555 e. The van der Waals surface area contributed by atoms with E-state index in [2.05, 4.69) is 69.4 Å². The normalized spacial score (nSPS) is 17.1. The standard InChI is InChI=1S/C19H23N/c1-12(2)15-7-9-16(10-8-15)18-11-17-13(3)5-6-14(4)19(17)20-18/h5-10,12,18,20H,11H2,1-4H3. The third kappa shape index (κ3) is 2.22. The van der Waals surface area contributed by atoms with Crippen molar-refractivity contribution < 1.29 is 0 Å². The molecule has 1 aliphatic rings. The lowest BCUT2D eigenvalue weighted by molar-refractivity contribution is 0.814. The first kappa shape index (κ1) is 13.2. The fourth-order valence-corrected chi connectivity index (χ4v) is 3.08. The molecular formula is C19H23N. The van der Waals surface area contributed by atoms with E-state index >= 15 is 0 Å². The van der Waals surface area contributed by atoms with Gasteiger partial charge in [0.15, 0.2) is 0 Å². The largest absolute Gasteiger partial charge is 0.377 e. The van der Waals surface area contributed by atoms with Crippen LogP contribution in [0.4, 0.5) is 5.69 Å². The van der Waals surface area contributed by atoms with Crippen molar-refractivity contribution in [3.63, 3.8) is 0 Å². The average Bonchev–Trinajstić information content (AvgIpc) is 2.89. The second-order valence-electron chi connectivity index (χ2n) is 6.28. The molecule has 3 rings (SSSR count). The molecule has 0 fully saturated rings. The summed E-state index contributed by atoms with van der Waals surface area (Å²) >= 11 is 0. The summed E-state index contributed by atoms with van der Waals surface area (Å²) in [7, 11) is 0. The van der Waals surface area contributed by atoms with Gasteiger partial charge in [0.05, 0.1) is 6.04 Å². The zero-order valence-corrected chi connectivity index (χ0v) is 12.8. The van der Waals surface area contributed by atoms with Crippen LogP contribution >= 0.6 is 0 Å². The van der Waals surface area contributed by atoms with E-state index in [4.69, 9.17) is 0 Å². The zero-order valence-electron chi connectivity index (χ0n) is 12.8. The Morgan fingerprint density at radius 3 is 2.20 bits per heavy atom. The summed E-state index contributed by atoms with van der Waals surface area (Å²) in [6, 6.07) is 14.0. The van der Waals surface area contributed by atoms with Gasteiger partial charge in [0, 0.05) is 5.69 Å². The molecule has 1 unspecified atom stereocenters. The van der Waals surface area contributed by atoms with E-state index < -0.39 is 0 Å². The highest BCUT2D eigenvalue weighted by Crippen LogP contribution is 2.38. The van der Waals surface area contributed by atoms with E-state index in [1.54, 1.807) is 0 Å². The van der Waals surface area contributed by atoms with Gasteiger partial charge in [-0.15, -0.1) is 0 Å². The minimum Gasteiger partial charge on any atom is -0.377 e. The molecular weight excluding hydrogens is 242 g/mol. The number of aryl methyl sites for hydroxylation is 2. The highest BCUT2D eigenvalue weighted by Gasteiger charge is 2.24. The summed E-state index contributed by atoms with van der Waals surface area (Å²) < 4.78 is 0. The molecule has 1 aliphatic heterocycles. The number of fused-ring (bicyclic) bond motifs is 1. The topological polar surface area (TPSA) is 12.0 Å². The van der Waals surface area contributed by atoms with Crippen LogP contribution in [0.25, 0.3) is 0 Å². The predicted octanol–water partition coefficient (Wildman–Crippen LogP) is 5.14. The van der Waals surface area contributed by atoms with Crippen molar-refractivity contribution in [3.8, 4) is 0 Å². The minimum atomic E-state index is 0.422. The number of hydrogen-bond donors (Lipinski definition) is 1. The summed E-state index contributed by atoms with van der Waals surface area (Å²) in [5.74, 6) is 0.599. The van der Waals surface area contributed by atoms with Gasteiger partial charge in [-0.3, -0.25) is 0 Å². The lowest BCUT2D eigenvalue weighted by Gasteiger charge is -2.14. The van der Waals surface area contributed by atoms with Gasteiger partial charge in [0.2, 0.25) is 0 Å². The molecule has 0 radical (unpaired) electrons. The van der Waals surface area contributed by atoms with Crippen molar-refractivity contribution in [3.05, 3.63) is 64.2 Å². The van der Waals surface area contributed by atoms with E-state index in [0.29, 0.717) is 12.0 Å². The molecule has 2 aromatic carbocycles. The third-order valence-electron chi connectivity index (χ3n) is 4.49. The second kappa shape index (κ2) is 4.97. The number of anilines is 1. The van der Waals surface area contributed by atoms with Crippen LogP contribution in [-0.2, 0) is 6.42 Å². The van der Waals surface area contributed by atoms with Gasteiger partial charge in [-0.25, -0.2) is 0 Å². The van der Waals surface area contributed by atoms with E-state index in [0.717, 1.165) is 6.42 Å². The SMILES string of the molecule is Cc1ccc(C)c2c1CC(c1ccc(C(C)C)cc1)N2. The Labute approximate surface area is 122 Å². The zero-order chi connectivity index (χ0) is 14.3. The summed E-state index contributed by atoms with van der Waals surface area (Å²) in [5.41, 5.74) is 8.40. The molecule has 20 heavy (non-hydrogen) atoms. The average molecular weight is 265 g/mol. The summed E-state index contributed by atoms with van der Waals surface area (Å²) in [6.07, 6.45) is 1.10. The molecule has 0 spiro atoms. The van der Waals surface area contributed by atoms with Gasteiger partial charge in [-0.2, -0.15) is 0 Å². The van der Waals surface area contributed by atoms with Crippen molar-refractivity contribution in [2.24, 2.45) is 0 Å². The van der Waals surface area contributed by atoms with Gasteiger partial charge >= 0.3 is 0 Å². The summed E-state index contributed by atoms with van der Waals surface area (Å²) in [4.78, 5) is 0. The van der Waals surface area contributed by atoms with E-state index in [9.17, 15) is 0 Å². The maximum atomic E-state index is 3.71.